The molecule has 2 heterocycles. The monoisotopic (exact) mass is 281 g/mol. The van der Waals surface area contributed by atoms with Crippen molar-refractivity contribution in [2.45, 2.75) is 13.3 Å². The molecule has 106 valence electrons. The van der Waals surface area contributed by atoms with Crippen LogP contribution in [-0.2, 0) is 11.2 Å². The maximum atomic E-state index is 11.7. The Morgan fingerprint density at radius 3 is 2.95 bits per heavy atom. The van der Waals surface area contributed by atoms with Gasteiger partial charge >= 0.3 is 0 Å². The van der Waals surface area contributed by atoms with Crippen LogP contribution in [-0.4, -0.2) is 25.0 Å². The molecule has 5 heteroatoms. The highest BCUT2D eigenvalue weighted by molar-refractivity contribution is 6.01. The molecular weight excluding hydrogens is 266 g/mol. The summed E-state index contributed by atoms with van der Waals surface area (Å²) >= 11 is 0. The van der Waals surface area contributed by atoms with Gasteiger partial charge in [-0.2, -0.15) is 0 Å². The first-order chi connectivity index (χ1) is 10.1. The third-order valence-electron chi connectivity index (χ3n) is 3.81. The molecular formula is C16H15N3O2. The smallest absolute Gasteiger partial charge is 0.250 e. The van der Waals surface area contributed by atoms with Crippen molar-refractivity contribution in [2.75, 3.05) is 11.4 Å². The first-order valence-electron chi connectivity index (χ1n) is 6.68. The molecule has 21 heavy (non-hydrogen) atoms. The van der Waals surface area contributed by atoms with E-state index in [0.29, 0.717) is 12.1 Å². The van der Waals surface area contributed by atoms with E-state index in [2.05, 4.69) is 4.99 Å². The molecule has 1 aromatic carbocycles. The predicted octanol–water partition coefficient (Wildman–Crippen LogP) is 1.51. The van der Waals surface area contributed by atoms with Gasteiger partial charge < -0.3 is 15.4 Å². The van der Waals surface area contributed by atoms with Gasteiger partial charge in [0, 0.05) is 42.7 Å². The lowest BCUT2D eigenvalue weighted by atomic mass is 9.98. The van der Waals surface area contributed by atoms with Gasteiger partial charge in [-0.1, -0.05) is 6.07 Å². The van der Waals surface area contributed by atoms with E-state index in [1.54, 1.807) is 12.3 Å². The number of carbonyl (C=O) groups excluding carboxylic acids is 2. The molecule has 0 aliphatic carbocycles. The van der Waals surface area contributed by atoms with Crippen molar-refractivity contribution in [1.82, 2.24) is 0 Å². The fourth-order valence-electron chi connectivity index (χ4n) is 2.76. The number of anilines is 1. The van der Waals surface area contributed by atoms with Crippen LogP contribution >= 0.6 is 0 Å². The fraction of sp³-hybridized carbons (Fsp3) is 0.188. The molecule has 0 bridgehead atoms. The Hall–Kier alpha value is -2.69. The molecule has 0 atom stereocenters. The molecule has 0 saturated heterocycles. The molecule has 0 spiro atoms. The number of amides is 1. The van der Waals surface area contributed by atoms with E-state index in [1.165, 1.54) is 0 Å². The Labute approximate surface area is 122 Å². The summed E-state index contributed by atoms with van der Waals surface area (Å²) in [6, 6.07) is 3.55. The van der Waals surface area contributed by atoms with Gasteiger partial charge in [0.15, 0.2) is 0 Å². The van der Waals surface area contributed by atoms with Gasteiger partial charge in [-0.05, 0) is 24.1 Å². The Bertz CT molecular complexity index is 729. The number of nitrogens with zero attached hydrogens (tertiary/aromatic N) is 2. The Kier molecular flexibility index (Phi) is 3.17. The Balaban J connectivity index is 2.15. The SMILES string of the molecule is Cc1ccc(C(N)=O)c(N2C=C3C=NC=C3C2)c1CC=O. The molecule has 0 radical (unpaired) electrons. The van der Waals surface area contributed by atoms with Crippen molar-refractivity contribution < 1.29 is 9.59 Å². The summed E-state index contributed by atoms with van der Waals surface area (Å²) in [6.45, 7) is 2.56. The number of aliphatic imine (C=N–C) groups is 1. The van der Waals surface area contributed by atoms with Crippen molar-refractivity contribution in [1.29, 1.82) is 0 Å². The highest BCUT2D eigenvalue weighted by Gasteiger charge is 2.26. The second kappa shape index (κ2) is 5.01. The minimum absolute atomic E-state index is 0.259. The molecule has 3 rings (SSSR count). The third kappa shape index (κ3) is 2.16. The number of primary amides is 1. The van der Waals surface area contributed by atoms with E-state index in [-0.39, 0.29) is 6.42 Å². The first-order valence-corrected chi connectivity index (χ1v) is 6.68. The number of nitrogens with two attached hydrogens (primary N) is 1. The molecule has 0 unspecified atom stereocenters. The molecule has 2 N–H and O–H groups in total. The van der Waals surface area contributed by atoms with Gasteiger partial charge in [0.2, 0.25) is 0 Å². The van der Waals surface area contributed by atoms with E-state index in [1.807, 2.05) is 30.3 Å². The average Bonchev–Trinajstić information content (AvgIpc) is 3.01. The third-order valence-corrected chi connectivity index (χ3v) is 3.81. The number of benzene rings is 1. The summed E-state index contributed by atoms with van der Waals surface area (Å²) in [6.07, 6.45) is 6.65. The maximum absolute atomic E-state index is 11.7. The van der Waals surface area contributed by atoms with Gasteiger partial charge in [0.25, 0.3) is 5.91 Å². The van der Waals surface area contributed by atoms with E-state index >= 15 is 0 Å². The van der Waals surface area contributed by atoms with E-state index in [9.17, 15) is 9.59 Å². The van der Waals surface area contributed by atoms with Gasteiger partial charge in [-0.15, -0.1) is 0 Å². The average molecular weight is 281 g/mol. The quantitative estimate of drug-likeness (QED) is 0.850. The van der Waals surface area contributed by atoms with E-state index in [4.69, 9.17) is 5.73 Å². The van der Waals surface area contributed by atoms with Crippen LogP contribution in [0.2, 0.25) is 0 Å². The van der Waals surface area contributed by atoms with Crippen molar-refractivity contribution in [3.8, 4) is 0 Å². The molecule has 1 aromatic rings. The summed E-state index contributed by atoms with van der Waals surface area (Å²) in [4.78, 5) is 28.8. The number of hydrogen-bond acceptors (Lipinski definition) is 4. The summed E-state index contributed by atoms with van der Waals surface area (Å²) in [5.41, 5.74) is 10.6. The van der Waals surface area contributed by atoms with Gasteiger partial charge in [0.1, 0.15) is 6.29 Å². The minimum Gasteiger partial charge on any atom is -0.366 e. The second-order valence-corrected chi connectivity index (χ2v) is 5.14. The topological polar surface area (TPSA) is 75.8 Å². The van der Waals surface area contributed by atoms with Crippen LogP contribution in [0.5, 0.6) is 0 Å². The Morgan fingerprint density at radius 1 is 1.48 bits per heavy atom. The summed E-state index contributed by atoms with van der Waals surface area (Å²) in [5, 5.41) is 0. The first kappa shape index (κ1) is 13.3. The number of aryl methyl sites for hydroxylation is 1. The second-order valence-electron chi connectivity index (χ2n) is 5.14. The zero-order valence-electron chi connectivity index (χ0n) is 11.7. The molecule has 0 fully saturated rings. The standard InChI is InChI=1S/C16H15N3O2/c1-10-2-3-14(16(17)21)15(13(10)4-5-20)19-8-11-6-18-7-12(11)9-19/h2-3,5-8H,4,9H2,1H3,(H2,17,21). The molecule has 0 saturated carbocycles. The molecule has 2 aliphatic heterocycles. The largest absolute Gasteiger partial charge is 0.366 e. The van der Waals surface area contributed by atoms with Crippen molar-refractivity contribution >= 4 is 24.1 Å². The lowest BCUT2D eigenvalue weighted by molar-refractivity contribution is -0.107. The van der Waals surface area contributed by atoms with Gasteiger partial charge in [-0.25, -0.2) is 0 Å². The maximum Gasteiger partial charge on any atom is 0.250 e. The zero-order valence-corrected chi connectivity index (χ0v) is 11.7. The summed E-state index contributed by atoms with van der Waals surface area (Å²) in [5.74, 6) is -0.491. The lowest BCUT2D eigenvalue weighted by Crippen LogP contribution is -2.22. The highest BCUT2D eigenvalue weighted by Crippen LogP contribution is 2.34. The van der Waals surface area contributed by atoms with Crippen LogP contribution in [0.25, 0.3) is 0 Å². The van der Waals surface area contributed by atoms with Crippen molar-refractivity contribution in [3.05, 3.63) is 52.4 Å². The van der Waals surface area contributed by atoms with Crippen molar-refractivity contribution in [2.24, 2.45) is 10.7 Å². The molecule has 2 aliphatic rings. The Morgan fingerprint density at radius 2 is 2.29 bits per heavy atom. The molecule has 5 nitrogen and oxygen atoms in total. The number of aldehydes is 1. The lowest BCUT2D eigenvalue weighted by Gasteiger charge is -2.23. The fourth-order valence-corrected chi connectivity index (χ4v) is 2.76. The summed E-state index contributed by atoms with van der Waals surface area (Å²) in [7, 11) is 0. The normalized spacial score (nSPS) is 15.8. The van der Waals surface area contributed by atoms with Crippen LogP contribution in [0, 0.1) is 6.92 Å². The highest BCUT2D eigenvalue weighted by atomic mass is 16.1. The molecule has 0 aromatic heterocycles. The number of carbonyl (C=O) groups is 2. The minimum atomic E-state index is -0.491. The van der Waals surface area contributed by atoms with E-state index in [0.717, 1.165) is 34.2 Å². The summed E-state index contributed by atoms with van der Waals surface area (Å²) < 4.78 is 0. The van der Waals surface area contributed by atoms with Crippen molar-refractivity contribution in [3.63, 3.8) is 0 Å². The molecule has 1 amide bonds. The van der Waals surface area contributed by atoms with Crippen LogP contribution in [0.4, 0.5) is 5.69 Å². The van der Waals surface area contributed by atoms with E-state index < -0.39 is 5.91 Å². The predicted molar refractivity (Wildman–Crippen MR) is 81.5 cm³/mol. The van der Waals surface area contributed by atoms with Crippen LogP contribution in [0.1, 0.15) is 21.5 Å². The van der Waals surface area contributed by atoms with Gasteiger partial charge in [0.05, 0.1) is 11.3 Å². The zero-order chi connectivity index (χ0) is 15.0. The van der Waals surface area contributed by atoms with Crippen LogP contribution in [0.15, 0.2) is 40.7 Å². The number of hydrogen-bond donors (Lipinski definition) is 1. The number of rotatable bonds is 4. The van der Waals surface area contributed by atoms with Gasteiger partial charge in [-0.3, -0.25) is 9.79 Å². The van der Waals surface area contributed by atoms with Crippen LogP contribution < -0.4 is 10.6 Å². The van der Waals surface area contributed by atoms with Crippen LogP contribution in [0.3, 0.4) is 0 Å². The number of fused-ring (bicyclic) bond motifs is 1.